The molecule has 0 aromatic heterocycles. The van der Waals surface area contributed by atoms with E-state index in [1.54, 1.807) is 0 Å². The first-order valence-corrected chi connectivity index (χ1v) is 7.22. The van der Waals surface area contributed by atoms with Crippen LogP contribution in [0.25, 0.3) is 0 Å². The fraction of sp³-hybridized carbons (Fsp3) is 0.933. The highest BCUT2D eigenvalue weighted by Gasteiger charge is 2.34. The first-order valence-electron chi connectivity index (χ1n) is 7.22. The Morgan fingerprint density at radius 2 is 2.00 bits per heavy atom. The maximum atomic E-state index is 12.0. The van der Waals surface area contributed by atoms with Gasteiger partial charge in [0.2, 0.25) is 0 Å². The molecule has 3 heteroatoms. The van der Waals surface area contributed by atoms with Crippen LogP contribution in [0.1, 0.15) is 54.4 Å². The molecule has 1 aliphatic rings. The maximum absolute atomic E-state index is 12.0. The van der Waals surface area contributed by atoms with Gasteiger partial charge in [-0.15, -0.1) is 0 Å². The van der Waals surface area contributed by atoms with E-state index >= 15 is 0 Å². The molecule has 1 aliphatic heterocycles. The van der Waals surface area contributed by atoms with Crippen molar-refractivity contribution in [1.82, 2.24) is 4.90 Å². The Morgan fingerprint density at radius 3 is 2.44 bits per heavy atom. The van der Waals surface area contributed by atoms with Crippen LogP contribution in [-0.2, 0) is 4.74 Å². The standard InChI is InChI=1S/C15H29NO2/c1-7-13(11(2)3)12-8-9-16(10-12)14(17)18-15(4,5)6/h11-13H,7-10H2,1-6H3/t12-,13?/m1/s1. The van der Waals surface area contributed by atoms with Gasteiger partial charge in [0.05, 0.1) is 0 Å². The molecule has 1 saturated heterocycles. The lowest BCUT2D eigenvalue weighted by Gasteiger charge is -2.27. The highest BCUT2D eigenvalue weighted by atomic mass is 16.6. The molecule has 0 spiro atoms. The Morgan fingerprint density at radius 1 is 1.39 bits per heavy atom. The fourth-order valence-corrected chi connectivity index (χ4v) is 2.98. The monoisotopic (exact) mass is 255 g/mol. The summed E-state index contributed by atoms with van der Waals surface area (Å²) in [5.74, 6) is 2.05. The average molecular weight is 255 g/mol. The minimum atomic E-state index is -0.391. The Labute approximate surface area is 112 Å². The lowest BCUT2D eigenvalue weighted by Crippen LogP contribution is -2.36. The minimum Gasteiger partial charge on any atom is -0.444 e. The van der Waals surface area contributed by atoms with Crippen molar-refractivity contribution >= 4 is 6.09 Å². The lowest BCUT2D eigenvalue weighted by molar-refractivity contribution is 0.0280. The molecule has 106 valence electrons. The van der Waals surface area contributed by atoms with Gasteiger partial charge < -0.3 is 9.64 Å². The van der Waals surface area contributed by atoms with Crippen LogP contribution >= 0.6 is 0 Å². The minimum absolute atomic E-state index is 0.149. The van der Waals surface area contributed by atoms with Crippen LogP contribution in [0.5, 0.6) is 0 Å². The summed E-state index contributed by atoms with van der Waals surface area (Å²) >= 11 is 0. The summed E-state index contributed by atoms with van der Waals surface area (Å²) < 4.78 is 5.43. The molecular weight excluding hydrogens is 226 g/mol. The first kappa shape index (κ1) is 15.3. The van der Waals surface area contributed by atoms with Crippen molar-refractivity contribution in [2.24, 2.45) is 17.8 Å². The second-order valence-corrected chi connectivity index (χ2v) is 6.79. The van der Waals surface area contributed by atoms with Gasteiger partial charge in [0, 0.05) is 13.1 Å². The van der Waals surface area contributed by atoms with Crippen LogP contribution in [0.15, 0.2) is 0 Å². The molecule has 1 fully saturated rings. The van der Waals surface area contributed by atoms with E-state index < -0.39 is 5.60 Å². The summed E-state index contributed by atoms with van der Waals surface area (Å²) in [5, 5.41) is 0. The number of hydrogen-bond acceptors (Lipinski definition) is 2. The average Bonchev–Trinajstić information content (AvgIpc) is 2.64. The first-order chi connectivity index (χ1) is 8.24. The number of ether oxygens (including phenoxy) is 1. The molecule has 0 aromatic rings. The van der Waals surface area contributed by atoms with Crippen LogP contribution < -0.4 is 0 Å². The Balaban J connectivity index is 2.53. The van der Waals surface area contributed by atoms with E-state index in [1.807, 2.05) is 25.7 Å². The van der Waals surface area contributed by atoms with Gasteiger partial charge in [0.1, 0.15) is 5.60 Å². The molecule has 18 heavy (non-hydrogen) atoms. The number of rotatable bonds is 3. The molecule has 0 saturated carbocycles. The Bertz CT molecular complexity index is 281. The zero-order valence-corrected chi connectivity index (χ0v) is 12.8. The van der Waals surface area contributed by atoms with Crippen molar-refractivity contribution in [2.75, 3.05) is 13.1 Å². The lowest BCUT2D eigenvalue weighted by atomic mass is 9.81. The van der Waals surface area contributed by atoms with Crippen molar-refractivity contribution < 1.29 is 9.53 Å². The third-order valence-electron chi connectivity index (χ3n) is 3.81. The van der Waals surface area contributed by atoms with Gasteiger partial charge in [-0.3, -0.25) is 0 Å². The van der Waals surface area contributed by atoms with Crippen molar-refractivity contribution in [3.63, 3.8) is 0 Å². The van der Waals surface area contributed by atoms with E-state index in [9.17, 15) is 4.79 Å². The third-order valence-corrected chi connectivity index (χ3v) is 3.81. The second-order valence-electron chi connectivity index (χ2n) is 6.79. The molecule has 0 aliphatic carbocycles. The van der Waals surface area contributed by atoms with Gasteiger partial charge >= 0.3 is 6.09 Å². The van der Waals surface area contributed by atoms with Crippen LogP contribution in [0.2, 0.25) is 0 Å². The van der Waals surface area contributed by atoms with Crippen molar-refractivity contribution in [2.45, 2.75) is 60.0 Å². The van der Waals surface area contributed by atoms with Gasteiger partial charge in [-0.25, -0.2) is 4.79 Å². The molecule has 1 amide bonds. The Hall–Kier alpha value is -0.730. The zero-order valence-electron chi connectivity index (χ0n) is 12.8. The Kier molecular flexibility index (Phi) is 5.06. The number of hydrogen-bond donors (Lipinski definition) is 0. The van der Waals surface area contributed by atoms with E-state index in [1.165, 1.54) is 6.42 Å². The maximum Gasteiger partial charge on any atom is 0.410 e. The molecule has 1 heterocycles. The predicted octanol–water partition coefficient (Wildman–Crippen LogP) is 3.93. The van der Waals surface area contributed by atoms with Crippen molar-refractivity contribution in [3.05, 3.63) is 0 Å². The summed E-state index contributed by atoms with van der Waals surface area (Å²) in [5.41, 5.74) is -0.391. The van der Waals surface area contributed by atoms with Gasteiger partial charge in [-0.05, 0) is 44.9 Å². The van der Waals surface area contributed by atoms with E-state index in [2.05, 4.69) is 20.8 Å². The number of carbonyl (C=O) groups is 1. The molecule has 0 N–H and O–H groups in total. The van der Waals surface area contributed by atoms with E-state index in [0.717, 1.165) is 25.4 Å². The molecule has 0 aromatic carbocycles. The van der Waals surface area contributed by atoms with Crippen LogP contribution in [0.4, 0.5) is 4.79 Å². The number of amides is 1. The van der Waals surface area contributed by atoms with E-state index in [4.69, 9.17) is 4.74 Å². The van der Waals surface area contributed by atoms with Gasteiger partial charge in [-0.1, -0.05) is 27.2 Å². The molecule has 0 radical (unpaired) electrons. The molecule has 0 bridgehead atoms. The van der Waals surface area contributed by atoms with Gasteiger partial charge in [-0.2, -0.15) is 0 Å². The normalized spacial score (nSPS) is 22.4. The quantitative estimate of drug-likeness (QED) is 0.765. The summed E-state index contributed by atoms with van der Waals surface area (Å²) in [6, 6.07) is 0. The highest BCUT2D eigenvalue weighted by molar-refractivity contribution is 5.68. The van der Waals surface area contributed by atoms with Crippen LogP contribution in [0.3, 0.4) is 0 Å². The zero-order chi connectivity index (χ0) is 13.9. The number of nitrogens with zero attached hydrogens (tertiary/aromatic N) is 1. The highest BCUT2D eigenvalue weighted by Crippen LogP contribution is 2.32. The summed E-state index contributed by atoms with van der Waals surface area (Å²) in [4.78, 5) is 13.9. The molecule has 2 atom stereocenters. The smallest absolute Gasteiger partial charge is 0.410 e. The molecular formula is C15H29NO2. The fourth-order valence-electron chi connectivity index (χ4n) is 2.98. The van der Waals surface area contributed by atoms with E-state index in [-0.39, 0.29) is 6.09 Å². The predicted molar refractivity (Wildman–Crippen MR) is 74.5 cm³/mol. The van der Waals surface area contributed by atoms with Crippen LogP contribution in [-0.4, -0.2) is 29.7 Å². The third kappa shape index (κ3) is 4.18. The summed E-state index contributed by atoms with van der Waals surface area (Å²) in [6.45, 7) is 14.3. The van der Waals surface area contributed by atoms with Crippen molar-refractivity contribution in [1.29, 1.82) is 0 Å². The largest absolute Gasteiger partial charge is 0.444 e. The van der Waals surface area contributed by atoms with E-state index in [0.29, 0.717) is 11.8 Å². The summed E-state index contributed by atoms with van der Waals surface area (Å²) in [6.07, 6.45) is 2.17. The van der Waals surface area contributed by atoms with Crippen LogP contribution in [0, 0.1) is 17.8 Å². The van der Waals surface area contributed by atoms with Gasteiger partial charge in [0.25, 0.3) is 0 Å². The SMILES string of the molecule is CCC(C(C)C)[C@@H]1CCN(C(=O)OC(C)(C)C)C1. The van der Waals surface area contributed by atoms with Gasteiger partial charge in [0.15, 0.2) is 0 Å². The molecule has 3 nitrogen and oxygen atoms in total. The molecule has 1 rings (SSSR count). The summed E-state index contributed by atoms with van der Waals surface area (Å²) in [7, 11) is 0. The van der Waals surface area contributed by atoms with Crippen molar-refractivity contribution in [3.8, 4) is 0 Å². The molecule has 1 unspecified atom stereocenters. The topological polar surface area (TPSA) is 29.5 Å². The number of carbonyl (C=O) groups excluding carboxylic acids is 1. The second kappa shape index (κ2) is 5.94. The number of likely N-dealkylation sites (tertiary alicyclic amines) is 1.